The Labute approximate surface area is 151 Å². The second-order valence-electron chi connectivity index (χ2n) is 6.18. The molecule has 23 heavy (non-hydrogen) atoms. The van der Waals surface area contributed by atoms with Gasteiger partial charge in [0, 0.05) is 18.7 Å². The Hall–Kier alpha value is -0.970. The highest BCUT2D eigenvalue weighted by Crippen LogP contribution is 2.25. The van der Waals surface area contributed by atoms with E-state index >= 15 is 0 Å². The maximum atomic E-state index is 5.80. The smallest absolute Gasteiger partial charge is 0.198 e. The van der Waals surface area contributed by atoms with E-state index < -0.39 is 0 Å². The lowest BCUT2D eigenvalue weighted by Crippen LogP contribution is -2.51. The third-order valence-electron chi connectivity index (χ3n) is 4.69. The summed E-state index contributed by atoms with van der Waals surface area (Å²) in [4.78, 5) is 10.4. The Balaban J connectivity index is 0.00000132. The standard InChI is InChI=1S/C17H25N3O.2ClH/c1-19-13-16(20(2)15-11-7-4-8-12-15)21-18-17(19)14-9-5-3-6-10-14;;/h3,5-6,9-10,15-16H,4,7-8,11-13H2,1-2H3;2*1H. The third kappa shape index (κ3) is 4.75. The zero-order valence-corrected chi connectivity index (χ0v) is 15.5. The Kier molecular flexibility index (Phi) is 8.17. The van der Waals surface area contributed by atoms with Gasteiger partial charge < -0.3 is 9.74 Å². The van der Waals surface area contributed by atoms with Crippen molar-refractivity contribution in [2.24, 2.45) is 5.16 Å². The summed E-state index contributed by atoms with van der Waals surface area (Å²) in [5, 5.41) is 4.38. The van der Waals surface area contributed by atoms with Crippen molar-refractivity contribution >= 4 is 30.6 Å². The van der Waals surface area contributed by atoms with Crippen molar-refractivity contribution in [1.82, 2.24) is 9.80 Å². The molecule has 0 amide bonds. The van der Waals surface area contributed by atoms with E-state index in [1.54, 1.807) is 0 Å². The molecule has 1 aromatic rings. The molecule has 1 unspecified atom stereocenters. The normalized spacial score (nSPS) is 21.8. The van der Waals surface area contributed by atoms with Gasteiger partial charge >= 0.3 is 0 Å². The number of amidine groups is 1. The summed E-state index contributed by atoms with van der Waals surface area (Å²) in [5.74, 6) is 0.920. The molecule has 4 nitrogen and oxygen atoms in total. The second kappa shape index (κ2) is 9.36. The molecular weight excluding hydrogens is 333 g/mol. The van der Waals surface area contributed by atoms with E-state index in [0.29, 0.717) is 6.04 Å². The summed E-state index contributed by atoms with van der Waals surface area (Å²) < 4.78 is 0. The molecule has 0 radical (unpaired) electrons. The van der Waals surface area contributed by atoms with Gasteiger partial charge in [-0.3, -0.25) is 4.90 Å². The lowest BCUT2D eigenvalue weighted by atomic mass is 9.94. The first kappa shape index (κ1) is 20.1. The highest BCUT2D eigenvalue weighted by Gasteiger charge is 2.30. The number of nitrogens with zero attached hydrogens (tertiary/aromatic N) is 3. The minimum absolute atomic E-state index is 0. The molecule has 1 aromatic carbocycles. The Morgan fingerprint density at radius 1 is 1.09 bits per heavy atom. The SMILES string of the molecule is CN1CC(N(C)C2CCCCC2)ON=C1c1ccccc1.Cl.Cl. The summed E-state index contributed by atoms with van der Waals surface area (Å²) in [6, 6.07) is 10.9. The molecule has 1 fully saturated rings. The zero-order chi connectivity index (χ0) is 14.7. The van der Waals surface area contributed by atoms with Crippen LogP contribution in [0.4, 0.5) is 0 Å². The predicted octanol–water partition coefficient (Wildman–Crippen LogP) is 3.74. The number of rotatable bonds is 3. The molecule has 1 aliphatic heterocycles. The largest absolute Gasteiger partial charge is 0.373 e. The monoisotopic (exact) mass is 359 g/mol. The fourth-order valence-corrected chi connectivity index (χ4v) is 3.32. The van der Waals surface area contributed by atoms with Crippen molar-refractivity contribution < 1.29 is 4.84 Å². The maximum Gasteiger partial charge on any atom is 0.198 e. The number of oxime groups is 1. The van der Waals surface area contributed by atoms with Gasteiger partial charge in [0.1, 0.15) is 0 Å². The van der Waals surface area contributed by atoms with Gasteiger partial charge in [0.05, 0.1) is 6.54 Å². The van der Waals surface area contributed by atoms with Gasteiger partial charge in [-0.25, -0.2) is 0 Å². The number of hydrogen-bond donors (Lipinski definition) is 0. The highest BCUT2D eigenvalue weighted by atomic mass is 35.5. The van der Waals surface area contributed by atoms with E-state index in [9.17, 15) is 0 Å². The molecule has 6 heteroatoms. The summed E-state index contributed by atoms with van der Waals surface area (Å²) in [7, 11) is 4.27. The molecule has 0 aromatic heterocycles. The molecule has 130 valence electrons. The van der Waals surface area contributed by atoms with Crippen LogP contribution in [0, 0.1) is 0 Å². The van der Waals surface area contributed by atoms with Crippen LogP contribution in [0.15, 0.2) is 35.5 Å². The van der Waals surface area contributed by atoms with Crippen molar-refractivity contribution in [1.29, 1.82) is 0 Å². The molecule has 1 aliphatic carbocycles. The number of hydrogen-bond acceptors (Lipinski definition) is 4. The van der Waals surface area contributed by atoms with Crippen molar-refractivity contribution in [3.63, 3.8) is 0 Å². The molecule has 1 saturated carbocycles. The molecule has 0 N–H and O–H groups in total. The van der Waals surface area contributed by atoms with Crippen LogP contribution < -0.4 is 0 Å². The van der Waals surface area contributed by atoms with E-state index in [1.807, 2.05) is 18.2 Å². The van der Waals surface area contributed by atoms with Crippen LogP contribution in [0.25, 0.3) is 0 Å². The van der Waals surface area contributed by atoms with E-state index in [0.717, 1.165) is 17.9 Å². The van der Waals surface area contributed by atoms with Crippen LogP contribution in [0.3, 0.4) is 0 Å². The van der Waals surface area contributed by atoms with Crippen molar-refractivity contribution in [2.45, 2.75) is 44.4 Å². The topological polar surface area (TPSA) is 28.1 Å². The van der Waals surface area contributed by atoms with Crippen molar-refractivity contribution in [2.75, 3.05) is 20.6 Å². The van der Waals surface area contributed by atoms with Crippen LogP contribution in [-0.2, 0) is 4.84 Å². The van der Waals surface area contributed by atoms with Crippen molar-refractivity contribution in [3.05, 3.63) is 35.9 Å². The molecule has 0 saturated heterocycles. The average molecular weight is 360 g/mol. The summed E-state index contributed by atoms with van der Waals surface area (Å²) in [5.41, 5.74) is 1.11. The minimum atomic E-state index is 0. The van der Waals surface area contributed by atoms with Crippen LogP contribution in [0.1, 0.15) is 37.7 Å². The van der Waals surface area contributed by atoms with E-state index in [-0.39, 0.29) is 31.0 Å². The fourth-order valence-electron chi connectivity index (χ4n) is 3.32. The first-order valence-corrected chi connectivity index (χ1v) is 7.98. The van der Waals surface area contributed by atoms with Gasteiger partial charge in [-0.05, 0) is 19.9 Å². The van der Waals surface area contributed by atoms with Gasteiger partial charge in [-0.2, -0.15) is 0 Å². The van der Waals surface area contributed by atoms with Crippen molar-refractivity contribution in [3.8, 4) is 0 Å². The first-order valence-electron chi connectivity index (χ1n) is 7.98. The third-order valence-corrected chi connectivity index (χ3v) is 4.69. The summed E-state index contributed by atoms with van der Waals surface area (Å²) in [6.45, 7) is 0.862. The van der Waals surface area contributed by atoms with Crippen LogP contribution in [-0.4, -0.2) is 48.5 Å². The minimum Gasteiger partial charge on any atom is -0.373 e. The maximum absolute atomic E-state index is 5.80. The molecule has 1 heterocycles. The lowest BCUT2D eigenvalue weighted by Gasteiger charge is -2.39. The van der Waals surface area contributed by atoms with Gasteiger partial charge in [0.25, 0.3) is 0 Å². The Morgan fingerprint density at radius 2 is 1.74 bits per heavy atom. The molecular formula is C17H27Cl2N3O. The van der Waals surface area contributed by atoms with Gasteiger partial charge in [0.15, 0.2) is 12.1 Å². The molecule has 1 atom stereocenters. The van der Waals surface area contributed by atoms with E-state index in [4.69, 9.17) is 4.84 Å². The van der Waals surface area contributed by atoms with Crippen LogP contribution >= 0.6 is 24.8 Å². The number of benzene rings is 1. The van der Waals surface area contributed by atoms with Gasteiger partial charge in [0.2, 0.25) is 0 Å². The van der Waals surface area contributed by atoms with Crippen LogP contribution in [0.2, 0.25) is 0 Å². The quantitative estimate of drug-likeness (QED) is 0.822. The summed E-state index contributed by atoms with van der Waals surface area (Å²) >= 11 is 0. The molecule has 3 rings (SSSR count). The zero-order valence-electron chi connectivity index (χ0n) is 13.9. The molecule has 0 spiro atoms. The Morgan fingerprint density at radius 3 is 2.35 bits per heavy atom. The molecule has 2 aliphatic rings. The average Bonchev–Trinajstić information content (AvgIpc) is 2.55. The second-order valence-corrected chi connectivity index (χ2v) is 6.18. The first-order chi connectivity index (χ1) is 10.3. The van der Waals surface area contributed by atoms with Gasteiger partial charge in [-0.1, -0.05) is 54.8 Å². The van der Waals surface area contributed by atoms with E-state index in [1.165, 1.54) is 32.1 Å². The highest BCUT2D eigenvalue weighted by molar-refractivity contribution is 5.98. The molecule has 0 bridgehead atoms. The Bertz CT molecular complexity index is 492. The number of halogens is 2. The van der Waals surface area contributed by atoms with Gasteiger partial charge in [-0.15, -0.1) is 24.8 Å². The predicted molar refractivity (Wildman–Crippen MR) is 99.6 cm³/mol. The van der Waals surface area contributed by atoms with E-state index in [2.05, 4.69) is 41.2 Å². The summed E-state index contributed by atoms with van der Waals surface area (Å²) in [6.07, 6.45) is 6.70. The fraction of sp³-hybridized carbons (Fsp3) is 0.588. The van der Waals surface area contributed by atoms with Crippen LogP contribution in [0.5, 0.6) is 0 Å². The lowest BCUT2D eigenvalue weighted by molar-refractivity contribution is -0.0886. The number of likely N-dealkylation sites (N-methyl/N-ethyl adjacent to an activating group) is 2.